The smallest absolute Gasteiger partial charge is 0.164 e. The monoisotopic (exact) mass is 289 g/mol. The molecule has 0 aromatic heterocycles. The van der Waals surface area contributed by atoms with Crippen molar-refractivity contribution in [3.8, 4) is 5.75 Å². The minimum Gasteiger partial charge on any atom is -0.496 e. The molecule has 0 amide bonds. The summed E-state index contributed by atoms with van der Waals surface area (Å²) < 4.78 is 5.33. The lowest BCUT2D eigenvalue weighted by Gasteiger charge is -2.36. The van der Waals surface area contributed by atoms with Crippen molar-refractivity contribution >= 4 is 5.78 Å². The Kier molecular flexibility index (Phi) is 5.04. The van der Waals surface area contributed by atoms with Crippen LogP contribution in [0.5, 0.6) is 5.75 Å². The van der Waals surface area contributed by atoms with Crippen LogP contribution in [0.25, 0.3) is 0 Å². The highest BCUT2D eigenvalue weighted by Crippen LogP contribution is 2.33. The standard InChI is InChI=1S/C18H27NO2/c1-13-11-17(21-4)14(2)10-15(13)16(20)12-18(19-3)8-6-5-7-9-18/h10-11,19H,5-9,12H2,1-4H3. The third kappa shape index (κ3) is 3.46. The Labute approximate surface area is 128 Å². The van der Waals surface area contributed by atoms with Crippen molar-refractivity contribution in [2.45, 2.75) is 57.9 Å². The zero-order chi connectivity index (χ0) is 15.5. The van der Waals surface area contributed by atoms with Gasteiger partial charge in [0, 0.05) is 17.5 Å². The number of benzene rings is 1. The van der Waals surface area contributed by atoms with Crippen molar-refractivity contribution in [1.82, 2.24) is 5.32 Å². The van der Waals surface area contributed by atoms with Crippen molar-refractivity contribution in [3.63, 3.8) is 0 Å². The molecule has 116 valence electrons. The molecule has 0 atom stereocenters. The van der Waals surface area contributed by atoms with Gasteiger partial charge in [-0.25, -0.2) is 0 Å². The number of ether oxygens (including phenoxy) is 1. The molecule has 1 N–H and O–H groups in total. The fourth-order valence-electron chi connectivity index (χ4n) is 3.46. The van der Waals surface area contributed by atoms with Gasteiger partial charge in [-0.2, -0.15) is 0 Å². The first-order chi connectivity index (χ1) is 10.0. The molecule has 0 saturated heterocycles. The summed E-state index contributed by atoms with van der Waals surface area (Å²) in [5, 5.41) is 3.43. The maximum Gasteiger partial charge on any atom is 0.164 e. The second-order valence-corrected chi connectivity index (χ2v) is 6.33. The van der Waals surface area contributed by atoms with Crippen molar-refractivity contribution in [1.29, 1.82) is 0 Å². The first-order valence-electron chi connectivity index (χ1n) is 7.89. The zero-order valence-corrected chi connectivity index (χ0v) is 13.7. The van der Waals surface area contributed by atoms with Crippen LogP contribution >= 0.6 is 0 Å². The summed E-state index contributed by atoms with van der Waals surface area (Å²) in [5.74, 6) is 1.10. The lowest BCUT2D eigenvalue weighted by atomic mass is 9.77. The Morgan fingerprint density at radius 3 is 2.43 bits per heavy atom. The molecule has 0 bridgehead atoms. The molecule has 3 heteroatoms. The molecule has 0 unspecified atom stereocenters. The zero-order valence-electron chi connectivity index (χ0n) is 13.7. The average molecular weight is 289 g/mol. The van der Waals surface area contributed by atoms with Crippen LogP contribution in [0.3, 0.4) is 0 Å². The molecule has 0 heterocycles. The van der Waals surface area contributed by atoms with Gasteiger partial charge >= 0.3 is 0 Å². The predicted octanol–water partition coefficient (Wildman–Crippen LogP) is 3.81. The van der Waals surface area contributed by atoms with E-state index in [1.54, 1.807) is 7.11 Å². The van der Waals surface area contributed by atoms with Gasteiger partial charge in [-0.3, -0.25) is 4.79 Å². The van der Waals surface area contributed by atoms with Crippen LogP contribution in [0.1, 0.15) is 60.0 Å². The van der Waals surface area contributed by atoms with Gasteiger partial charge in [-0.15, -0.1) is 0 Å². The summed E-state index contributed by atoms with van der Waals surface area (Å²) >= 11 is 0. The number of carbonyl (C=O) groups is 1. The molecule has 1 aliphatic carbocycles. The van der Waals surface area contributed by atoms with Crippen LogP contribution in [0.15, 0.2) is 12.1 Å². The first kappa shape index (κ1) is 16.0. The number of nitrogens with one attached hydrogen (secondary N) is 1. The Morgan fingerprint density at radius 2 is 1.86 bits per heavy atom. The van der Waals surface area contributed by atoms with Crippen LogP contribution in [0.4, 0.5) is 0 Å². The Morgan fingerprint density at radius 1 is 1.19 bits per heavy atom. The number of methoxy groups -OCH3 is 1. The van der Waals surface area contributed by atoms with Gasteiger partial charge in [0.15, 0.2) is 5.78 Å². The van der Waals surface area contributed by atoms with Crippen molar-refractivity contribution < 1.29 is 9.53 Å². The highest BCUT2D eigenvalue weighted by Gasteiger charge is 2.33. The quantitative estimate of drug-likeness (QED) is 0.838. The largest absolute Gasteiger partial charge is 0.496 e. The van der Waals surface area contributed by atoms with E-state index in [4.69, 9.17) is 4.74 Å². The van der Waals surface area contributed by atoms with Crippen molar-refractivity contribution in [2.24, 2.45) is 0 Å². The lowest BCUT2D eigenvalue weighted by Crippen LogP contribution is -2.46. The second kappa shape index (κ2) is 6.61. The van der Waals surface area contributed by atoms with E-state index >= 15 is 0 Å². The predicted molar refractivity (Wildman–Crippen MR) is 86.3 cm³/mol. The van der Waals surface area contributed by atoms with Crippen LogP contribution in [-0.4, -0.2) is 25.5 Å². The molecule has 1 fully saturated rings. The van der Waals surface area contributed by atoms with Crippen LogP contribution in [0.2, 0.25) is 0 Å². The van der Waals surface area contributed by atoms with Crippen molar-refractivity contribution in [3.05, 3.63) is 28.8 Å². The fraction of sp³-hybridized carbons (Fsp3) is 0.611. The summed E-state index contributed by atoms with van der Waals surface area (Å²) in [7, 11) is 3.66. The number of aryl methyl sites for hydroxylation is 2. The molecular formula is C18H27NO2. The van der Waals surface area contributed by atoms with E-state index < -0.39 is 0 Å². The molecule has 1 aromatic carbocycles. The van der Waals surface area contributed by atoms with Crippen LogP contribution in [0, 0.1) is 13.8 Å². The van der Waals surface area contributed by atoms with Gasteiger partial charge in [-0.05, 0) is 57.0 Å². The molecule has 1 saturated carbocycles. The van der Waals surface area contributed by atoms with E-state index in [9.17, 15) is 4.79 Å². The highest BCUT2D eigenvalue weighted by atomic mass is 16.5. The second-order valence-electron chi connectivity index (χ2n) is 6.33. The maximum atomic E-state index is 12.8. The van der Waals surface area contributed by atoms with Crippen LogP contribution < -0.4 is 10.1 Å². The highest BCUT2D eigenvalue weighted by molar-refractivity contribution is 5.98. The number of Topliss-reactive ketones (excluding diaryl/α,β-unsaturated/α-hetero) is 1. The van der Waals surface area contributed by atoms with E-state index in [0.29, 0.717) is 6.42 Å². The summed E-state index contributed by atoms with van der Waals surface area (Å²) in [6, 6.07) is 3.94. The fourth-order valence-corrected chi connectivity index (χ4v) is 3.46. The molecule has 0 aliphatic heterocycles. The minimum absolute atomic E-state index is 0.00436. The molecule has 2 rings (SSSR count). The van der Waals surface area contributed by atoms with E-state index in [1.807, 2.05) is 33.0 Å². The number of rotatable bonds is 5. The Hall–Kier alpha value is -1.35. The van der Waals surface area contributed by atoms with Gasteiger partial charge in [-0.1, -0.05) is 19.3 Å². The maximum absolute atomic E-state index is 12.8. The number of carbonyl (C=O) groups excluding carboxylic acids is 1. The van der Waals surface area contributed by atoms with E-state index in [-0.39, 0.29) is 11.3 Å². The third-order valence-electron chi connectivity index (χ3n) is 4.88. The molecule has 21 heavy (non-hydrogen) atoms. The molecule has 0 radical (unpaired) electrons. The third-order valence-corrected chi connectivity index (χ3v) is 4.88. The summed E-state index contributed by atoms with van der Waals surface area (Å²) in [6.07, 6.45) is 6.52. The topological polar surface area (TPSA) is 38.3 Å². The molecule has 3 nitrogen and oxygen atoms in total. The van der Waals surface area contributed by atoms with Gasteiger partial charge in [0.2, 0.25) is 0 Å². The van der Waals surface area contributed by atoms with E-state index in [1.165, 1.54) is 19.3 Å². The molecular weight excluding hydrogens is 262 g/mol. The average Bonchev–Trinajstić information content (AvgIpc) is 2.50. The van der Waals surface area contributed by atoms with Gasteiger partial charge in [0.05, 0.1) is 7.11 Å². The van der Waals surface area contributed by atoms with Crippen LogP contribution in [-0.2, 0) is 0 Å². The summed E-state index contributed by atoms with van der Waals surface area (Å²) in [4.78, 5) is 12.8. The lowest BCUT2D eigenvalue weighted by molar-refractivity contribution is 0.0914. The van der Waals surface area contributed by atoms with Gasteiger partial charge in [0.1, 0.15) is 5.75 Å². The van der Waals surface area contributed by atoms with E-state index in [0.717, 1.165) is 35.3 Å². The molecule has 1 aliphatic rings. The summed E-state index contributed by atoms with van der Waals surface area (Å²) in [5.41, 5.74) is 2.86. The summed E-state index contributed by atoms with van der Waals surface area (Å²) in [6.45, 7) is 3.98. The number of ketones is 1. The molecule has 1 aromatic rings. The SMILES string of the molecule is CNC1(CC(=O)c2cc(C)c(OC)cc2C)CCCCC1. The first-order valence-corrected chi connectivity index (χ1v) is 7.89. The number of hydrogen-bond acceptors (Lipinski definition) is 3. The van der Waals surface area contributed by atoms with Gasteiger partial charge < -0.3 is 10.1 Å². The molecule has 0 spiro atoms. The minimum atomic E-state index is -0.00436. The van der Waals surface area contributed by atoms with E-state index in [2.05, 4.69) is 5.32 Å². The van der Waals surface area contributed by atoms with Gasteiger partial charge in [0.25, 0.3) is 0 Å². The Balaban J connectivity index is 2.21. The Bertz CT molecular complexity index is 516. The number of hydrogen-bond donors (Lipinski definition) is 1. The van der Waals surface area contributed by atoms with Crippen molar-refractivity contribution in [2.75, 3.05) is 14.2 Å². The normalized spacial score (nSPS) is 17.5.